The van der Waals surface area contributed by atoms with Gasteiger partial charge in [0.15, 0.2) is 0 Å². The van der Waals surface area contributed by atoms with Gasteiger partial charge in [-0.25, -0.2) is 4.98 Å². The van der Waals surface area contributed by atoms with Crippen LogP contribution in [0.3, 0.4) is 0 Å². The van der Waals surface area contributed by atoms with Crippen molar-refractivity contribution in [3.05, 3.63) is 58.4 Å². The molecule has 2 aliphatic rings. The van der Waals surface area contributed by atoms with Crippen molar-refractivity contribution < 1.29 is 9.21 Å². The number of hydrogen-bond acceptors (Lipinski definition) is 4. The van der Waals surface area contributed by atoms with Gasteiger partial charge in [-0.05, 0) is 54.7 Å². The van der Waals surface area contributed by atoms with Crippen LogP contribution in [0.2, 0.25) is 5.02 Å². The first-order chi connectivity index (χ1) is 13.7. The number of nitrogens with zero attached hydrogens (tertiary/aromatic N) is 3. The van der Waals surface area contributed by atoms with Crippen LogP contribution in [0, 0.1) is 0 Å². The summed E-state index contributed by atoms with van der Waals surface area (Å²) in [4.78, 5) is 21.4. The van der Waals surface area contributed by atoms with Gasteiger partial charge in [0.05, 0.1) is 17.7 Å². The lowest BCUT2D eigenvalue weighted by molar-refractivity contribution is -0.130. The maximum atomic E-state index is 12.9. The minimum absolute atomic E-state index is 0.159. The highest BCUT2D eigenvalue weighted by molar-refractivity contribution is 6.30. The molecule has 0 spiro atoms. The van der Waals surface area contributed by atoms with E-state index in [2.05, 4.69) is 22.0 Å². The number of rotatable bonds is 3. The quantitative estimate of drug-likeness (QED) is 0.675. The lowest BCUT2D eigenvalue weighted by Crippen LogP contribution is -2.49. The first-order valence-electron chi connectivity index (χ1n) is 9.83. The number of hydrogen-bond donors (Lipinski definition) is 0. The van der Waals surface area contributed by atoms with Crippen molar-refractivity contribution >= 4 is 34.3 Å². The fourth-order valence-electron chi connectivity index (χ4n) is 4.30. The molecule has 1 aromatic carbocycles. The number of aromatic nitrogens is 1. The molecule has 1 aliphatic heterocycles. The van der Waals surface area contributed by atoms with Crippen LogP contribution in [0.4, 0.5) is 5.82 Å². The summed E-state index contributed by atoms with van der Waals surface area (Å²) >= 11 is 5.91. The number of piperazine rings is 1. The minimum Gasteiger partial charge on any atom is -0.464 e. The highest BCUT2D eigenvalue weighted by atomic mass is 35.5. The molecule has 144 valence electrons. The predicted molar refractivity (Wildman–Crippen MR) is 110 cm³/mol. The number of halogens is 1. The molecule has 0 bridgehead atoms. The number of amides is 1. The lowest BCUT2D eigenvalue weighted by atomic mass is 10.0. The fourth-order valence-corrected chi connectivity index (χ4v) is 4.41. The normalized spacial score (nSPS) is 16.6. The number of pyridine rings is 1. The Balaban J connectivity index is 1.25. The molecule has 1 amide bonds. The van der Waals surface area contributed by atoms with Crippen LogP contribution >= 0.6 is 11.6 Å². The van der Waals surface area contributed by atoms with Gasteiger partial charge >= 0.3 is 0 Å². The zero-order chi connectivity index (χ0) is 19.1. The van der Waals surface area contributed by atoms with Gasteiger partial charge in [-0.15, -0.1) is 0 Å². The summed E-state index contributed by atoms with van der Waals surface area (Å²) in [5, 5.41) is 1.73. The molecular weight excluding hydrogens is 374 g/mol. The summed E-state index contributed by atoms with van der Waals surface area (Å²) in [6, 6.07) is 8.16. The second-order valence-corrected chi connectivity index (χ2v) is 8.05. The molecule has 1 fully saturated rings. The van der Waals surface area contributed by atoms with E-state index in [4.69, 9.17) is 16.0 Å². The van der Waals surface area contributed by atoms with E-state index in [1.54, 1.807) is 12.5 Å². The van der Waals surface area contributed by atoms with Gasteiger partial charge in [-0.2, -0.15) is 0 Å². The Hall–Kier alpha value is -2.53. The molecule has 1 aliphatic carbocycles. The number of aryl methyl sites for hydroxylation is 2. The Labute approximate surface area is 168 Å². The molecule has 5 nitrogen and oxygen atoms in total. The van der Waals surface area contributed by atoms with E-state index >= 15 is 0 Å². The van der Waals surface area contributed by atoms with E-state index in [1.165, 1.54) is 17.5 Å². The Morgan fingerprint density at radius 2 is 1.89 bits per heavy atom. The van der Waals surface area contributed by atoms with E-state index < -0.39 is 0 Å². The average molecular weight is 396 g/mol. The standard InChI is InChI=1S/C22H22ClN3O2/c23-18-4-5-21(24-13-18)25-6-8-26(9-7-25)22(27)12-17-14-28-20-11-16-3-1-2-15(16)10-19(17)20/h4-5,10-11,13-14H,1-3,6-9,12H2. The monoisotopic (exact) mass is 395 g/mol. The van der Waals surface area contributed by atoms with Gasteiger partial charge in [0.1, 0.15) is 11.4 Å². The molecule has 28 heavy (non-hydrogen) atoms. The van der Waals surface area contributed by atoms with Crippen LogP contribution in [-0.4, -0.2) is 42.0 Å². The summed E-state index contributed by atoms with van der Waals surface area (Å²) in [6.45, 7) is 2.96. The average Bonchev–Trinajstić information content (AvgIpc) is 3.33. The molecule has 0 radical (unpaired) electrons. The lowest BCUT2D eigenvalue weighted by Gasteiger charge is -2.35. The summed E-state index contributed by atoms with van der Waals surface area (Å²) in [6.07, 6.45) is 7.28. The molecule has 0 atom stereocenters. The van der Waals surface area contributed by atoms with Crippen LogP contribution in [0.5, 0.6) is 0 Å². The van der Waals surface area contributed by atoms with Gasteiger partial charge in [0.2, 0.25) is 5.91 Å². The third-order valence-corrected chi connectivity index (χ3v) is 6.10. The second kappa shape index (κ2) is 7.13. The topological polar surface area (TPSA) is 49.6 Å². The van der Waals surface area contributed by atoms with Crippen molar-refractivity contribution in [2.45, 2.75) is 25.7 Å². The maximum absolute atomic E-state index is 12.9. The van der Waals surface area contributed by atoms with Crippen molar-refractivity contribution in [1.29, 1.82) is 0 Å². The van der Waals surface area contributed by atoms with E-state index in [0.717, 1.165) is 48.3 Å². The minimum atomic E-state index is 0.159. The predicted octanol–water partition coefficient (Wildman–Crippen LogP) is 3.86. The highest BCUT2D eigenvalue weighted by Crippen LogP contribution is 2.30. The van der Waals surface area contributed by atoms with Crippen LogP contribution in [0.15, 0.2) is 41.1 Å². The highest BCUT2D eigenvalue weighted by Gasteiger charge is 2.23. The Kier molecular flexibility index (Phi) is 4.47. The molecule has 0 saturated carbocycles. The zero-order valence-electron chi connectivity index (χ0n) is 15.7. The smallest absolute Gasteiger partial charge is 0.227 e. The van der Waals surface area contributed by atoms with Crippen molar-refractivity contribution in [2.24, 2.45) is 0 Å². The number of furan rings is 1. The van der Waals surface area contributed by atoms with Crippen molar-refractivity contribution in [3.8, 4) is 0 Å². The van der Waals surface area contributed by atoms with Gasteiger partial charge in [0, 0.05) is 43.3 Å². The molecule has 0 unspecified atom stereocenters. The van der Waals surface area contributed by atoms with Gasteiger partial charge in [-0.3, -0.25) is 4.79 Å². The fraction of sp³-hybridized carbons (Fsp3) is 0.364. The maximum Gasteiger partial charge on any atom is 0.227 e. The first-order valence-corrected chi connectivity index (χ1v) is 10.2. The van der Waals surface area contributed by atoms with Crippen LogP contribution in [0.1, 0.15) is 23.1 Å². The van der Waals surface area contributed by atoms with Crippen molar-refractivity contribution in [2.75, 3.05) is 31.1 Å². The Bertz CT molecular complexity index is 1020. The molecule has 1 saturated heterocycles. The van der Waals surface area contributed by atoms with E-state index in [-0.39, 0.29) is 5.91 Å². The number of fused-ring (bicyclic) bond motifs is 2. The number of carbonyl (C=O) groups excluding carboxylic acids is 1. The van der Waals surface area contributed by atoms with E-state index in [0.29, 0.717) is 24.5 Å². The molecule has 5 rings (SSSR count). The van der Waals surface area contributed by atoms with Gasteiger partial charge in [-0.1, -0.05) is 11.6 Å². The van der Waals surface area contributed by atoms with Crippen molar-refractivity contribution in [1.82, 2.24) is 9.88 Å². The first kappa shape index (κ1) is 17.6. The van der Waals surface area contributed by atoms with Gasteiger partial charge in [0.25, 0.3) is 0 Å². The summed E-state index contributed by atoms with van der Waals surface area (Å²) in [5.41, 5.74) is 4.71. The Morgan fingerprint density at radius 3 is 2.64 bits per heavy atom. The largest absolute Gasteiger partial charge is 0.464 e. The van der Waals surface area contributed by atoms with Crippen LogP contribution in [0.25, 0.3) is 11.0 Å². The van der Waals surface area contributed by atoms with Gasteiger partial charge < -0.3 is 14.2 Å². The van der Waals surface area contributed by atoms with E-state index in [9.17, 15) is 4.79 Å². The summed E-state index contributed by atoms with van der Waals surface area (Å²) in [5.74, 6) is 1.07. The Morgan fingerprint density at radius 1 is 1.11 bits per heavy atom. The third-order valence-electron chi connectivity index (χ3n) is 5.88. The molecule has 3 heterocycles. The second-order valence-electron chi connectivity index (χ2n) is 7.61. The molecule has 2 aromatic heterocycles. The van der Waals surface area contributed by atoms with E-state index in [1.807, 2.05) is 17.0 Å². The van der Waals surface area contributed by atoms with Crippen molar-refractivity contribution in [3.63, 3.8) is 0 Å². The number of benzene rings is 1. The SMILES string of the molecule is O=C(Cc1coc2cc3c(cc12)CCC3)N1CCN(c2ccc(Cl)cn2)CC1. The molecule has 3 aromatic rings. The molecule has 0 N–H and O–H groups in total. The van der Waals surface area contributed by atoms with Crippen LogP contribution in [-0.2, 0) is 24.1 Å². The molecular formula is C22H22ClN3O2. The summed E-state index contributed by atoms with van der Waals surface area (Å²) < 4.78 is 5.75. The van der Waals surface area contributed by atoms with Crippen LogP contribution < -0.4 is 4.90 Å². The number of carbonyl (C=O) groups is 1. The summed E-state index contributed by atoms with van der Waals surface area (Å²) in [7, 11) is 0. The zero-order valence-corrected chi connectivity index (χ0v) is 16.4. The molecule has 6 heteroatoms. The third kappa shape index (κ3) is 3.24. The number of anilines is 1.